The molecule has 0 spiro atoms. The second-order valence-corrected chi connectivity index (χ2v) is 6.10. The fourth-order valence-corrected chi connectivity index (χ4v) is 3.08. The van der Waals surface area contributed by atoms with Gasteiger partial charge in [0.05, 0.1) is 37.8 Å². The van der Waals surface area contributed by atoms with E-state index in [2.05, 4.69) is 22.1 Å². The molecule has 1 atom stereocenters. The van der Waals surface area contributed by atoms with Crippen molar-refractivity contribution in [2.75, 3.05) is 40.2 Å². The number of fused-ring (bicyclic) bond motifs is 1. The van der Waals surface area contributed by atoms with Crippen LogP contribution in [0.3, 0.4) is 0 Å². The summed E-state index contributed by atoms with van der Waals surface area (Å²) in [7, 11) is 2.08. The summed E-state index contributed by atoms with van der Waals surface area (Å²) in [5.74, 6) is 1.56. The zero-order valence-electron chi connectivity index (χ0n) is 13.7. The highest BCUT2D eigenvalue weighted by molar-refractivity contribution is 5.66. The highest BCUT2D eigenvalue weighted by atomic mass is 16.7. The van der Waals surface area contributed by atoms with E-state index < -0.39 is 0 Å². The van der Waals surface area contributed by atoms with E-state index in [0.29, 0.717) is 19.8 Å². The number of rotatable bonds is 5. The van der Waals surface area contributed by atoms with Gasteiger partial charge < -0.3 is 18.9 Å². The summed E-state index contributed by atoms with van der Waals surface area (Å²) < 4.78 is 22.0. The van der Waals surface area contributed by atoms with E-state index in [4.69, 9.17) is 18.9 Å². The number of aromatic amines is 1. The van der Waals surface area contributed by atoms with Gasteiger partial charge in [-0.05, 0) is 25.2 Å². The predicted molar refractivity (Wildman–Crippen MR) is 87.0 cm³/mol. The Morgan fingerprint density at radius 1 is 1.25 bits per heavy atom. The van der Waals surface area contributed by atoms with Gasteiger partial charge in [-0.3, -0.25) is 10.00 Å². The maximum Gasteiger partial charge on any atom is 0.231 e. The normalized spacial score (nSPS) is 19.8. The molecule has 2 aliphatic rings. The van der Waals surface area contributed by atoms with Gasteiger partial charge >= 0.3 is 0 Å². The average Bonchev–Trinajstić information content (AvgIpc) is 3.23. The van der Waals surface area contributed by atoms with Crippen molar-refractivity contribution in [3.63, 3.8) is 0 Å². The lowest BCUT2D eigenvalue weighted by Gasteiger charge is -2.27. The van der Waals surface area contributed by atoms with Crippen molar-refractivity contribution < 1.29 is 18.9 Å². The maximum atomic E-state index is 5.71. The molecule has 0 aliphatic carbocycles. The molecule has 0 bridgehead atoms. The van der Waals surface area contributed by atoms with E-state index in [0.717, 1.165) is 41.4 Å². The quantitative estimate of drug-likeness (QED) is 0.898. The van der Waals surface area contributed by atoms with Crippen LogP contribution in [-0.2, 0) is 16.0 Å². The Balaban J connectivity index is 1.46. The van der Waals surface area contributed by atoms with Gasteiger partial charge in [-0.1, -0.05) is 0 Å². The maximum absolute atomic E-state index is 5.71. The molecule has 2 aromatic rings. The summed E-state index contributed by atoms with van der Waals surface area (Å²) in [5, 5.41) is 7.31. The van der Waals surface area contributed by atoms with Gasteiger partial charge in [-0.25, -0.2) is 0 Å². The van der Waals surface area contributed by atoms with E-state index in [1.165, 1.54) is 0 Å². The molecule has 1 fully saturated rings. The van der Waals surface area contributed by atoms with Crippen LogP contribution in [0.5, 0.6) is 11.5 Å². The second kappa shape index (κ2) is 6.80. The smallest absolute Gasteiger partial charge is 0.231 e. The van der Waals surface area contributed by atoms with Crippen molar-refractivity contribution in [1.29, 1.82) is 0 Å². The molecule has 2 aliphatic heterocycles. The minimum Gasteiger partial charge on any atom is -0.454 e. The molecule has 1 N–H and O–H groups in total. The Kier molecular flexibility index (Phi) is 4.38. The first-order chi connectivity index (χ1) is 11.8. The molecular formula is C17H21N3O4. The minimum atomic E-state index is 0.129. The third-order valence-electron chi connectivity index (χ3n) is 4.22. The zero-order valence-corrected chi connectivity index (χ0v) is 13.7. The van der Waals surface area contributed by atoms with E-state index in [1.807, 2.05) is 24.4 Å². The van der Waals surface area contributed by atoms with E-state index in [-0.39, 0.29) is 12.9 Å². The first-order valence-electron chi connectivity index (χ1n) is 8.10. The molecule has 1 unspecified atom stereocenters. The number of benzene rings is 1. The van der Waals surface area contributed by atoms with Crippen LogP contribution < -0.4 is 9.47 Å². The fraction of sp³-hybridized carbons (Fsp3) is 0.471. The summed E-state index contributed by atoms with van der Waals surface area (Å²) in [6.07, 6.45) is 2.00. The summed E-state index contributed by atoms with van der Waals surface area (Å²) in [5.41, 5.74) is 3.17. The molecule has 1 aromatic heterocycles. The summed E-state index contributed by atoms with van der Waals surface area (Å²) in [6, 6.07) is 5.93. The van der Waals surface area contributed by atoms with Crippen LogP contribution in [0.4, 0.5) is 0 Å². The molecular weight excluding hydrogens is 310 g/mol. The first kappa shape index (κ1) is 15.4. The minimum absolute atomic E-state index is 0.129. The van der Waals surface area contributed by atoms with Crippen molar-refractivity contribution in [3.05, 3.63) is 30.0 Å². The molecule has 128 valence electrons. The lowest BCUT2D eigenvalue weighted by molar-refractivity contribution is -0.0962. The van der Waals surface area contributed by atoms with Crippen LogP contribution in [-0.4, -0.2) is 61.4 Å². The molecule has 0 amide bonds. The average molecular weight is 331 g/mol. The molecule has 0 saturated carbocycles. The van der Waals surface area contributed by atoms with Gasteiger partial charge in [0, 0.05) is 24.2 Å². The number of H-pyrrole nitrogens is 1. The Morgan fingerprint density at radius 2 is 2.17 bits per heavy atom. The fourth-order valence-electron chi connectivity index (χ4n) is 3.08. The van der Waals surface area contributed by atoms with Crippen molar-refractivity contribution in [2.45, 2.75) is 12.6 Å². The lowest BCUT2D eigenvalue weighted by Crippen LogP contribution is -2.38. The predicted octanol–water partition coefficient (Wildman–Crippen LogP) is 1.65. The molecule has 1 aromatic carbocycles. The monoisotopic (exact) mass is 331 g/mol. The molecule has 24 heavy (non-hydrogen) atoms. The van der Waals surface area contributed by atoms with Crippen molar-refractivity contribution in [2.24, 2.45) is 0 Å². The molecule has 7 nitrogen and oxygen atoms in total. The Labute approximate surface area is 140 Å². The lowest BCUT2D eigenvalue weighted by atomic mass is 10.1. The summed E-state index contributed by atoms with van der Waals surface area (Å²) in [6.45, 7) is 3.90. The zero-order chi connectivity index (χ0) is 16.4. The van der Waals surface area contributed by atoms with Gasteiger partial charge in [-0.15, -0.1) is 0 Å². The number of ether oxygens (including phenoxy) is 4. The third-order valence-corrected chi connectivity index (χ3v) is 4.22. The van der Waals surface area contributed by atoms with Crippen LogP contribution in [0, 0.1) is 0 Å². The summed E-state index contributed by atoms with van der Waals surface area (Å²) >= 11 is 0. The van der Waals surface area contributed by atoms with Crippen LogP contribution in [0.2, 0.25) is 0 Å². The van der Waals surface area contributed by atoms with E-state index >= 15 is 0 Å². The van der Waals surface area contributed by atoms with E-state index in [9.17, 15) is 0 Å². The Bertz CT molecular complexity index is 697. The number of hydrogen-bond acceptors (Lipinski definition) is 6. The number of aromatic nitrogens is 2. The number of hydrogen-bond donors (Lipinski definition) is 1. The molecule has 7 heteroatoms. The van der Waals surface area contributed by atoms with Crippen LogP contribution in [0.1, 0.15) is 5.56 Å². The molecule has 4 rings (SSSR count). The van der Waals surface area contributed by atoms with Gasteiger partial charge in [0.25, 0.3) is 0 Å². The van der Waals surface area contributed by atoms with Crippen molar-refractivity contribution in [3.8, 4) is 22.8 Å². The largest absolute Gasteiger partial charge is 0.454 e. The SMILES string of the molecule is CN(Cc1cn[nH]c1-c1ccc2c(c1)OCO2)CC1COCCO1. The Hall–Kier alpha value is -2.09. The molecule has 1 saturated heterocycles. The van der Waals surface area contributed by atoms with Crippen LogP contribution in [0.25, 0.3) is 11.3 Å². The van der Waals surface area contributed by atoms with Gasteiger partial charge in [0.2, 0.25) is 6.79 Å². The van der Waals surface area contributed by atoms with Crippen molar-refractivity contribution in [1.82, 2.24) is 15.1 Å². The Morgan fingerprint density at radius 3 is 3.04 bits per heavy atom. The number of nitrogens with zero attached hydrogens (tertiary/aromatic N) is 2. The van der Waals surface area contributed by atoms with Crippen molar-refractivity contribution >= 4 is 0 Å². The van der Waals surface area contributed by atoms with E-state index in [1.54, 1.807) is 0 Å². The summed E-state index contributed by atoms with van der Waals surface area (Å²) in [4.78, 5) is 2.22. The first-order valence-corrected chi connectivity index (χ1v) is 8.10. The van der Waals surface area contributed by atoms with Gasteiger partial charge in [0.1, 0.15) is 0 Å². The topological polar surface area (TPSA) is 68.8 Å². The van der Waals surface area contributed by atoms with Crippen LogP contribution in [0.15, 0.2) is 24.4 Å². The van der Waals surface area contributed by atoms with Gasteiger partial charge in [0.15, 0.2) is 11.5 Å². The number of likely N-dealkylation sites (N-methyl/N-ethyl adjacent to an activating group) is 1. The third kappa shape index (κ3) is 3.24. The molecule has 0 radical (unpaired) electrons. The van der Waals surface area contributed by atoms with Crippen LogP contribution >= 0.6 is 0 Å². The van der Waals surface area contributed by atoms with Gasteiger partial charge in [-0.2, -0.15) is 5.10 Å². The standard InChI is InChI=1S/C17H21N3O4/c1-20(9-14-10-21-4-5-22-14)8-13-7-18-19-17(13)12-2-3-15-16(6-12)24-11-23-15/h2-3,6-7,14H,4-5,8-11H2,1H3,(H,18,19). The second-order valence-electron chi connectivity index (χ2n) is 6.10. The number of nitrogens with one attached hydrogen (secondary N) is 1. The molecule has 3 heterocycles. The highest BCUT2D eigenvalue weighted by Gasteiger charge is 2.19. The highest BCUT2D eigenvalue weighted by Crippen LogP contribution is 2.36.